The molecule has 2 aromatic rings. The van der Waals surface area contributed by atoms with E-state index in [2.05, 4.69) is 5.16 Å². The molecule has 2 aliphatic rings. The van der Waals surface area contributed by atoms with Crippen molar-refractivity contribution in [2.75, 3.05) is 26.3 Å². The van der Waals surface area contributed by atoms with Crippen molar-refractivity contribution in [3.63, 3.8) is 0 Å². The predicted octanol–water partition coefficient (Wildman–Crippen LogP) is 1.71. The van der Waals surface area contributed by atoms with Gasteiger partial charge in [0, 0.05) is 13.1 Å². The Kier molecular flexibility index (Phi) is 2.89. The largest absolute Gasteiger partial charge is 0.488 e. The second-order valence-corrected chi connectivity index (χ2v) is 5.03. The number of para-hydroxylation sites is 1. The van der Waals surface area contributed by atoms with Crippen molar-refractivity contribution >= 4 is 5.91 Å². The minimum atomic E-state index is -0.119. The molecular weight excluding hydrogens is 272 g/mol. The van der Waals surface area contributed by atoms with E-state index >= 15 is 0 Å². The number of amides is 1. The van der Waals surface area contributed by atoms with Crippen LogP contribution in [0.2, 0.25) is 0 Å². The van der Waals surface area contributed by atoms with E-state index in [9.17, 15) is 4.79 Å². The molecule has 2 aliphatic heterocycles. The first-order valence-corrected chi connectivity index (χ1v) is 6.92. The van der Waals surface area contributed by atoms with Crippen LogP contribution in [0.5, 0.6) is 5.75 Å². The van der Waals surface area contributed by atoms with Gasteiger partial charge in [-0.05, 0) is 12.1 Å². The number of morpholine rings is 1. The first kappa shape index (κ1) is 12.4. The van der Waals surface area contributed by atoms with Gasteiger partial charge in [0.25, 0.3) is 5.91 Å². The summed E-state index contributed by atoms with van der Waals surface area (Å²) in [6.07, 6.45) is 0. The van der Waals surface area contributed by atoms with Gasteiger partial charge in [0.15, 0.2) is 11.5 Å². The molecule has 1 saturated heterocycles. The van der Waals surface area contributed by atoms with Crippen LogP contribution in [-0.2, 0) is 11.3 Å². The smallest absolute Gasteiger partial charge is 0.276 e. The lowest BCUT2D eigenvalue weighted by Crippen LogP contribution is -2.41. The number of rotatable bonds is 1. The molecule has 3 heterocycles. The summed E-state index contributed by atoms with van der Waals surface area (Å²) in [6, 6.07) is 7.59. The van der Waals surface area contributed by atoms with Crippen LogP contribution in [0.15, 0.2) is 28.8 Å². The second-order valence-electron chi connectivity index (χ2n) is 5.03. The van der Waals surface area contributed by atoms with Gasteiger partial charge in [-0.25, -0.2) is 0 Å². The molecule has 0 atom stereocenters. The number of nitrogens with zero attached hydrogens (tertiary/aromatic N) is 2. The number of ether oxygens (including phenoxy) is 2. The number of fused-ring (bicyclic) bond motifs is 3. The molecule has 0 radical (unpaired) electrons. The molecule has 0 spiro atoms. The van der Waals surface area contributed by atoms with Crippen LogP contribution in [0, 0.1) is 0 Å². The van der Waals surface area contributed by atoms with Gasteiger partial charge < -0.3 is 18.9 Å². The number of carbonyl (C=O) groups is 1. The molecule has 6 nitrogen and oxygen atoms in total. The van der Waals surface area contributed by atoms with Gasteiger partial charge in [-0.2, -0.15) is 0 Å². The Morgan fingerprint density at radius 1 is 1.19 bits per heavy atom. The zero-order valence-electron chi connectivity index (χ0n) is 11.4. The van der Waals surface area contributed by atoms with E-state index in [4.69, 9.17) is 14.0 Å². The topological polar surface area (TPSA) is 64.8 Å². The Balaban J connectivity index is 1.71. The van der Waals surface area contributed by atoms with Crippen LogP contribution in [0.25, 0.3) is 11.3 Å². The van der Waals surface area contributed by atoms with Crippen molar-refractivity contribution in [1.29, 1.82) is 0 Å². The Hall–Kier alpha value is -2.34. The monoisotopic (exact) mass is 286 g/mol. The maximum Gasteiger partial charge on any atom is 0.276 e. The summed E-state index contributed by atoms with van der Waals surface area (Å²) in [5, 5.41) is 3.98. The summed E-state index contributed by atoms with van der Waals surface area (Å²) in [6.45, 7) is 2.59. The molecular formula is C15H14N2O4. The van der Waals surface area contributed by atoms with Gasteiger partial charge in [0.1, 0.15) is 12.4 Å². The summed E-state index contributed by atoms with van der Waals surface area (Å²) >= 11 is 0. The number of hydrogen-bond donors (Lipinski definition) is 0. The highest BCUT2D eigenvalue weighted by molar-refractivity contribution is 5.95. The molecule has 0 unspecified atom stereocenters. The van der Waals surface area contributed by atoms with E-state index in [1.54, 1.807) is 4.90 Å². The molecule has 6 heteroatoms. The fourth-order valence-corrected chi connectivity index (χ4v) is 2.67. The SMILES string of the molecule is O=C(c1noc2c1COc1ccccc1-2)N1CCOCC1. The van der Waals surface area contributed by atoms with E-state index in [0.29, 0.717) is 44.4 Å². The zero-order valence-corrected chi connectivity index (χ0v) is 11.4. The Morgan fingerprint density at radius 3 is 2.86 bits per heavy atom. The van der Waals surface area contributed by atoms with Gasteiger partial charge in [0.2, 0.25) is 0 Å². The predicted molar refractivity (Wildman–Crippen MR) is 73.0 cm³/mol. The lowest BCUT2D eigenvalue weighted by molar-refractivity contribution is 0.0295. The van der Waals surface area contributed by atoms with E-state index in [0.717, 1.165) is 16.9 Å². The number of benzene rings is 1. The number of hydrogen-bond acceptors (Lipinski definition) is 5. The van der Waals surface area contributed by atoms with Crippen molar-refractivity contribution in [3.8, 4) is 17.1 Å². The van der Waals surface area contributed by atoms with Crippen LogP contribution in [0.4, 0.5) is 0 Å². The molecule has 1 amide bonds. The molecule has 21 heavy (non-hydrogen) atoms. The number of aromatic nitrogens is 1. The lowest BCUT2D eigenvalue weighted by Gasteiger charge is -2.26. The van der Waals surface area contributed by atoms with Crippen molar-refractivity contribution < 1.29 is 18.8 Å². The van der Waals surface area contributed by atoms with Crippen LogP contribution in [0.3, 0.4) is 0 Å². The standard InChI is InChI=1S/C15H14N2O4/c18-15(17-5-7-19-8-6-17)13-11-9-20-12-4-2-1-3-10(12)14(11)21-16-13/h1-4H,5-9H2. The van der Waals surface area contributed by atoms with E-state index in [-0.39, 0.29) is 5.91 Å². The van der Waals surface area contributed by atoms with E-state index in [1.807, 2.05) is 24.3 Å². The third kappa shape index (κ3) is 1.99. The Labute approximate surface area is 121 Å². The molecule has 1 fully saturated rings. The summed E-state index contributed by atoms with van der Waals surface area (Å²) < 4.78 is 16.4. The molecule has 0 bridgehead atoms. The van der Waals surface area contributed by atoms with Crippen molar-refractivity contribution in [2.24, 2.45) is 0 Å². The summed E-state index contributed by atoms with van der Waals surface area (Å²) in [5.41, 5.74) is 1.92. The van der Waals surface area contributed by atoms with Crippen LogP contribution < -0.4 is 4.74 Å². The van der Waals surface area contributed by atoms with Gasteiger partial charge in [-0.15, -0.1) is 0 Å². The average Bonchev–Trinajstić information content (AvgIpc) is 2.99. The van der Waals surface area contributed by atoms with Crippen molar-refractivity contribution in [3.05, 3.63) is 35.5 Å². The number of carbonyl (C=O) groups excluding carboxylic acids is 1. The molecule has 4 rings (SSSR count). The van der Waals surface area contributed by atoms with Crippen molar-refractivity contribution in [1.82, 2.24) is 10.1 Å². The zero-order chi connectivity index (χ0) is 14.2. The summed E-state index contributed by atoms with van der Waals surface area (Å²) in [4.78, 5) is 14.3. The maximum absolute atomic E-state index is 12.5. The van der Waals surface area contributed by atoms with Crippen LogP contribution in [0.1, 0.15) is 16.1 Å². The fraction of sp³-hybridized carbons (Fsp3) is 0.333. The van der Waals surface area contributed by atoms with Gasteiger partial charge in [-0.3, -0.25) is 4.79 Å². The van der Waals surface area contributed by atoms with Gasteiger partial charge in [0.05, 0.1) is 24.3 Å². The van der Waals surface area contributed by atoms with Crippen LogP contribution >= 0.6 is 0 Å². The quantitative estimate of drug-likeness (QED) is 0.798. The highest BCUT2D eigenvalue weighted by atomic mass is 16.5. The molecule has 108 valence electrons. The summed E-state index contributed by atoms with van der Waals surface area (Å²) in [7, 11) is 0. The average molecular weight is 286 g/mol. The first-order valence-electron chi connectivity index (χ1n) is 6.92. The molecule has 0 N–H and O–H groups in total. The van der Waals surface area contributed by atoms with E-state index in [1.165, 1.54) is 0 Å². The Bertz CT molecular complexity index is 689. The van der Waals surface area contributed by atoms with Crippen LogP contribution in [-0.4, -0.2) is 42.3 Å². The highest BCUT2D eigenvalue weighted by Gasteiger charge is 2.31. The molecule has 0 saturated carbocycles. The molecule has 1 aromatic carbocycles. The highest BCUT2D eigenvalue weighted by Crippen LogP contribution is 2.38. The third-order valence-corrected chi connectivity index (χ3v) is 3.79. The second kappa shape index (κ2) is 4.89. The third-order valence-electron chi connectivity index (χ3n) is 3.79. The van der Waals surface area contributed by atoms with E-state index < -0.39 is 0 Å². The minimum Gasteiger partial charge on any atom is -0.488 e. The Morgan fingerprint density at radius 2 is 2.00 bits per heavy atom. The summed E-state index contributed by atoms with van der Waals surface area (Å²) in [5.74, 6) is 1.27. The molecule has 1 aromatic heterocycles. The maximum atomic E-state index is 12.5. The first-order chi connectivity index (χ1) is 10.3. The minimum absolute atomic E-state index is 0.119. The molecule has 0 aliphatic carbocycles. The fourth-order valence-electron chi connectivity index (χ4n) is 2.67. The normalized spacial score (nSPS) is 16.9. The van der Waals surface area contributed by atoms with Gasteiger partial charge >= 0.3 is 0 Å². The lowest BCUT2D eigenvalue weighted by atomic mass is 10.0. The van der Waals surface area contributed by atoms with Gasteiger partial charge in [-0.1, -0.05) is 17.3 Å². The van der Waals surface area contributed by atoms with Crippen molar-refractivity contribution in [2.45, 2.75) is 6.61 Å².